The maximum absolute atomic E-state index is 14.0. The fourth-order valence-corrected chi connectivity index (χ4v) is 6.67. The van der Waals surface area contributed by atoms with Crippen LogP contribution in [-0.2, 0) is 26.2 Å². The Morgan fingerprint density at radius 3 is 2.15 bits per heavy atom. The molecule has 3 rings (SSSR count). The Hall–Kier alpha value is -2.79. The lowest BCUT2D eigenvalue weighted by Gasteiger charge is -2.32. The predicted molar refractivity (Wildman–Crippen MR) is 166 cm³/mol. The van der Waals surface area contributed by atoms with Crippen LogP contribution in [0.2, 0.25) is 10.0 Å². The van der Waals surface area contributed by atoms with E-state index >= 15 is 0 Å². The molecule has 0 saturated carbocycles. The van der Waals surface area contributed by atoms with Crippen LogP contribution in [0.1, 0.15) is 31.9 Å². The van der Waals surface area contributed by atoms with Gasteiger partial charge in [-0.15, -0.1) is 0 Å². The third kappa shape index (κ3) is 7.94. The van der Waals surface area contributed by atoms with Crippen LogP contribution in [0.25, 0.3) is 0 Å². The van der Waals surface area contributed by atoms with Gasteiger partial charge in [0, 0.05) is 28.2 Å². The second kappa shape index (κ2) is 13.9. The average molecular weight is 685 g/mol. The van der Waals surface area contributed by atoms with Crippen LogP contribution in [0.4, 0.5) is 5.69 Å². The lowest BCUT2D eigenvalue weighted by molar-refractivity contribution is -0.139. The SMILES string of the molecule is COc1ccc(S(=O)(=O)N(CC(=O)N(Cc2c(Cl)cccc2Cl)C(C)C(=O)NC(C)C)c2ccc(C)cc2)cc1Br. The minimum absolute atomic E-state index is 0.0511. The van der Waals surface area contributed by atoms with E-state index in [0.29, 0.717) is 25.8 Å². The number of nitrogens with one attached hydrogen (secondary N) is 1. The topological polar surface area (TPSA) is 96.0 Å². The maximum Gasteiger partial charge on any atom is 0.264 e. The molecule has 8 nitrogen and oxygen atoms in total. The fourth-order valence-electron chi connectivity index (χ4n) is 4.02. The summed E-state index contributed by atoms with van der Waals surface area (Å²) >= 11 is 16.2. The summed E-state index contributed by atoms with van der Waals surface area (Å²) in [5.74, 6) is -0.570. The Morgan fingerprint density at radius 2 is 1.61 bits per heavy atom. The third-order valence-electron chi connectivity index (χ3n) is 6.30. The zero-order chi connectivity index (χ0) is 30.5. The van der Waals surface area contributed by atoms with Crippen molar-refractivity contribution < 1.29 is 22.7 Å². The smallest absolute Gasteiger partial charge is 0.264 e. The van der Waals surface area contributed by atoms with Crippen molar-refractivity contribution in [3.05, 3.63) is 86.3 Å². The molecular weight excluding hydrogens is 653 g/mol. The Kier molecular flexibility index (Phi) is 11.1. The fraction of sp³-hybridized carbons (Fsp3) is 0.310. The van der Waals surface area contributed by atoms with Crippen molar-refractivity contribution in [2.24, 2.45) is 0 Å². The number of sulfonamides is 1. The van der Waals surface area contributed by atoms with Crippen LogP contribution in [0, 0.1) is 6.92 Å². The van der Waals surface area contributed by atoms with Gasteiger partial charge in [-0.1, -0.05) is 47.0 Å². The Morgan fingerprint density at radius 1 is 1.00 bits per heavy atom. The van der Waals surface area contributed by atoms with E-state index in [9.17, 15) is 18.0 Å². The van der Waals surface area contributed by atoms with Gasteiger partial charge >= 0.3 is 0 Å². The molecule has 0 fully saturated rings. The van der Waals surface area contributed by atoms with E-state index in [1.165, 1.54) is 30.2 Å². The van der Waals surface area contributed by atoms with Gasteiger partial charge in [-0.3, -0.25) is 13.9 Å². The number of amides is 2. The first kappa shape index (κ1) is 32.7. The third-order valence-corrected chi connectivity index (χ3v) is 9.40. The highest BCUT2D eigenvalue weighted by Crippen LogP contribution is 2.32. The summed E-state index contributed by atoms with van der Waals surface area (Å²) in [6, 6.07) is 14.9. The molecule has 1 N–H and O–H groups in total. The highest BCUT2D eigenvalue weighted by molar-refractivity contribution is 9.10. The average Bonchev–Trinajstić information content (AvgIpc) is 2.91. The molecule has 0 aliphatic carbocycles. The van der Waals surface area contributed by atoms with Crippen molar-refractivity contribution in [2.45, 2.75) is 51.2 Å². The lowest BCUT2D eigenvalue weighted by atomic mass is 10.1. The summed E-state index contributed by atoms with van der Waals surface area (Å²) in [6.07, 6.45) is 0. The van der Waals surface area contributed by atoms with Crippen molar-refractivity contribution >= 4 is 66.7 Å². The number of methoxy groups -OCH3 is 1. The van der Waals surface area contributed by atoms with E-state index in [2.05, 4.69) is 21.2 Å². The lowest BCUT2D eigenvalue weighted by Crippen LogP contribution is -2.52. The highest BCUT2D eigenvalue weighted by Gasteiger charge is 2.33. The molecule has 0 radical (unpaired) electrons. The number of aryl methyl sites for hydroxylation is 1. The van der Waals surface area contributed by atoms with Crippen LogP contribution in [0.3, 0.4) is 0 Å². The van der Waals surface area contributed by atoms with Crippen LogP contribution in [0.5, 0.6) is 5.75 Å². The van der Waals surface area contributed by atoms with Gasteiger partial charge in [0.2, 0.25) is 11.8 Å². The predicted octanol–water partition coefficient (Wildman–Crippen LogP) is 6.21. The molecule has 0 bridgehead atoms. The van der Waals surface area contributed by atoms with Crippen LogP contribution in [0.15, 0.2) is 70.0 Å². The molecule has 0 aromatic heterocycles. The first-order valence-corrected chi connectivity index (χ1v) is 15.7. The molecule has 0 heterocycles. The van der Waals surface area contributed by atoms with Gasteiger partial charge in [0.1, 0.15) is 18.3 Å². The standard InChI is InChI=1S/C29H32BrCl2N3O5S/c1-18(2)33-29(37)20(4)34(16-23-25(31)7-6-8-26(23)32)28(36)17-35(21-11-9-19(3)10-12-21)41(38,39)22-13-14-27(40-5)24(30)15-22/h6-15,18,20H,16-17H2,1-5H3,(H,33,37). The van der Waals surface area contributed by atoms with Gasteiger partial charge in [0.15, 0.2) is 0 Å². The second-order valence-corrected chi connectivity index (χ2v) is 13.2. The first-order chi connectivity index (χ1) is 19.3. The van der Waals surface area contributed by atoms with E-state index in [0.717, 1.165) is 9.87 Å². The van der Waals surface area contributed by atoms with Crippen molar-refractivity contribution in [2.75, 3.05) is 18.0 Å². The zero-order valence-electron chi connectivity index (χ0n) is 23.3. The number of hydrogen-bond acceptors (Lipinski definition) is 5. The minimum atomic E-state index is -4.25. The first-order valence-electron chi connectivity index (χ1n) is 12.7. The molecule has 0 spiro atoms. The molecule has 1 unspecified atom stereocenters. The highest BCUT2D eigenvalue weighted by atomic mass is 79.9. The summed E-state index contributed by atoms with van der Waals surface area (Å²) < 4.78 is 34.7. The van der Waals surface area contributed by atoms with E-state index in [1.54, 1.807) is 63.2 Å². The number of halogens is 3. The zero-order valence-corrected chi connectivity index (χ0v) is 27.2. The summed E-state index contributed by atoms with van der Waals surface area (Å²) in [6.45, 7) is 6.36. The number of ether oxygens (including phenoxy) is 1. The van der Waals surface area contributed by atoms with Crippen molar-refractivity contribution in [1.82, 2.24) is 10.2 Å². The van der Waals surface area contributed by atoms with E-state index < -0.39 is 34.4 Å². The Labute approximate surface area is 259 Å². The van der Waals surface area contributed by atoms with Crippen LogP contribution < -0.4 is 14.4 Å². The molecule has 3 aromatic carbocycles. The van der Waals surface area contributed by atoms with E-state index in [4.69, 9.17) is 27.9 Å². The van der Waals surface area contributed by atoms with Crippen LogP contribution >= 0.6 is 39.1 Å². The minimum Gasteiger partial charge on any atom is -0.496 e. The number of benzene rings is 3. The number of carbonyl (C=O) groups is 2. The summed E-state index contributed by atoms with van der Waals surface area (Å²) in [5.41, 5.74) is 1.64. The second-order valence-electron chi connectivity index (χ2n) is 9.70. The molecule has 0 aliphatic rings. The Balaban J connectivity index is 2.09. The maximum atomic E-state index is 14.0. The number of rotatable bonds is 11. The van der Waals surface area contributed by atoms with Gasteiger partial charge in [-0.2, -0.15) is 0 Å². The van der Waals surface area contributed by atoms with Gasteiger partial charge in [0.25, 0.3) is 10.0 Å². The molecule has 2 amide bonds. The molecular formula is C29H32BrCl2N3O5S. The summed E-state index contributed by atoms with van der Waals surface area (Å²) in [4.78, 5) is 28.3. The summed E-state index contributed by atoms with van der Waals surface area (Å²) in [5, 5.41) is 3.44. The van der Waals surface area contributed by atoms with Crippen molar-refractivity contribution in [1.29, 1.82) is 0 Å². The van der Waals surface area contributed by atoms with Crippen molar-refractivity contribution in [3.63, 3.8) is 0 Å². The number of anilines is 1. The van der Waals surface area contributed by atoms with Crippen molar-refractivity contribution in [3.8, 4) is 5.75 Å². The van der Waals surface area contributed by atoms with Gasteiger partial charge in [0.05, 0.1) is 22.2 Å². The Bertz CT molecular complexity index is 1500. The van der Waals surface area contributed by atoms with Gasteiger partial charge in [-0.05, 0) is 86.1 Å². The number of carbonyl (C=O) groups excluding carboxylic acids is 2. The largest absolute Gasteiger partial charge is 0.496 e. The normalized spacial score (nSPS) is 12.1. The van der Waals surface area contributed by atoms with Gasteiger partial charge < -0.3 is 15.0 Å². The molecule has 3 aromatic rings. The molecule has 0 saturated heterocycles. The van der Waals surface area contributed by atoms with E-state index in [-0.39, 0.29) is 23.2 Å². The molecule has 0 aliphatic heterocycles. The molecule has 12 heteroatoms. The summed E-state index contributed by atoms with van der Waals surface area (Å²) in [7, 11) is -2.78. The van der Waals surface area contributed by atoms with E-state index in [1.807, 2.05) is 6.92 Å². The number of hydrogen-bond donors (Lipinski definition) is 1. The monoisotopic (exact) mass is 683 g/mol. The number of nitrogens with zero attached hydrogens (tertiary/aromatic N) is 2. The quantitative estimate of drug-likeness (QED) is 0.259. The molecule has 220 valence electrons. The molecule has 1 atom stereocenters. The molecule has 41 heavy (non-hydrogen) atoms. The van der Waals surface area contributed by atoms with Gasteiger partial charge in [-0.25, -0.2) is 8.42 Å². The van der Waals surface area contributed by atoms with Crippen LogP contribution in [-0.4, -0.2) is 50.9 Å².